The van der Waals surface area contributed by atoms with Gasteiger partial charge in [-0.05, 0) is 74.8 Å². The molecule has 0 radical (unpaired) electrons. The molecule has 1 saturated carbocycles. The van der Waals surface area contributed by atoms with Gasteiger partial charge in [0.25, 0.3) is 0 Å². The minimum atomic E-state index is -1.03. The summed E-state index contributed by atoms with van der Waals surface area (Å²) in [5.41, 5.74) is 2.54. The molecule has 0 saturated heterocycles. The van der Waals surface area contributed by atoms with Crippen molar-refractivity contribution < 1.29 is 19.4 Å². The van der Waals surface area contributed by atoms with Gasteiger partial charge < -0.3 is 24.5 Å². The van der Waals surface area contributed by atoms with Crippen LogP contribution in [0, 0.1) is 17.8 Å². The topological polar surface area (TPSA) is 85.6 Å². The fourth-order valence-electron chi connectivity index (χ4n) is 5.35. The maximum atomic E-state index is 11.9. The molecular weight excluding hydrogens is 442 g/mol. The first-order valence-electron chi connectivity index (χ1n) is 12.5. The van der Waals surface area contributed by atoms with Crippen molar-refractivity contribution in [3.8, 4) is 11.5 Å². The Bertz CT molecular complexity index is 1180. The second-order valence-electron chi connectivity index (χ2n) is 10.4. The van der Waals surface area contributed by atoms with Gasteiger partial charge in [0.1, 0.15) is 17.1 Å². The third-order valence-electron chi connectivity index (χ3n) is 7.04. The summed E-state index contributed by atoms with van der Waals surface area (Å²) in [4.78, 5) is 16.8. The molecular formula is C28H37N3O4. The summed E-state index contributed by atoms with van der Waals surface area (Å²) >= 11 is 0. The van der Waals surface area contributed by atoms with E-state index in [-0.39, 0.29) is 17.7 Å². The number of nitrogens with one attached hydrogen (secondary N) is 1. The fourth-order valence-corrected chi connectivity index (χ4v) is 5.35. The van der Waals surface area contributed by atoms with Crippen LogP contribution in [-0.4, -0.2) is 33.8 Å². The van der Waals surface area contributed by atoms with E-state index >= 15 is 0 Å². The summed E-state index contributed by atoms with van der Waals surface area (Å²) in [6.45, 7) is 10.9. The van der Waals surface area contributed by atoms with Gasteiger partial charge in [-0.25, -0.2) is 9.78 Å². The van der Waals surface area contributed by atoms with Crippen LogP contribution in [0.3, 0.4) is 0 Å². The number of aromatic carboxylic acids is 1. The van der Waals surface area contributed by atoms with E-state index in [1.165, 1.54) is 13.5 Å². The van der Waals surface area contributed by atoms with Crippen LogP contribution >= 0.6 is 0 Å². The van der Waals surface area contributed by atoms with Crippen molar-refractivity contribution in [2.75, 3.05) is 12.4 Å². The SMILES string of the molecule is COc1cc2c(cc1C(=O)O)nc(Nc1ccc(OC(C)C)cc1)n2[C@@H]1C[C@H](C)CC[C@H]1C(C)C. The van der Waals surface area contributed by atoms with E-state index in [9.17, 15) is 9.90 Å². The van der Waals surface area contributed by atoms with Gasteiger partial charge in [0.15, 0.2) is 0 Å². The first-order chi connectivity index (χ1) is 16.7. The molecule has 7 heteroatoms. The summed E-state index contributed by atoms with van der Waals surface area (Å²) < 4.78 is 13.5. The van der Waals surface area contributed by atoms with Crippen LogP contribution in [0.5, 0.6) is 11.5 Å². The summed E-state index contributed by atoms with van der Waals surface area (Å²) in [6.07, 6.45) is 3.54. The zero-order valence-corrected chi connectivity index (χ0v) is 21.5. The number of imidazole rings is 1. The highest BCUT2D eigenvalue weighted by atomic mass is 16.5. The largest absolute Gasteiger partial charge is 0.496 e. The Hall–Kier alpha value is -3.22. The van der Waals surface area contributed by atoms with Gasteiger partial charge in [-0.2, -0.15) is 0 Å². The highest BCUT2D eigenvalue weighted by Crippen LogP contribution is 2.45. The van der Waals surface area contributed by atoms with Crippen molar-refractivity contribution >= 4 is 28.6 Å². The van der Waals surface area contributed by atoms with E-state index in [2.05, 4.69) is 30.7 Å². The zero-order valence-electron chi connectivity index (χ0n) is 21.5. The lowest BCUT2D eigenvalue weighted by atomic mass is 9.74. The number of carboxylic acids is 1. The van der Waals surface area contributed by atoms with E-state index in [4.69, 9.17) is 14.5 Å². The number of carboxylic acid groups (broad SMARTS) is 1. The number of hydrogen-bond donors (Lipinski definition) is 2. The van der Waals surface area contributed by atoms with E-state index in [1.807, 2.05) is 44.2 Å². The third kappa shape index (κ3) is 5.24. The first-order valence-corrected chi connectivity index (χ1v) is 12.5. The van der Waals surface area contributed by atoms with E-state index in [0.29, 0.717) is 35.0 Å². The molecule has 1 aromatic heterocycles. The molecule has 0 spiro atoms. The summed E-state index contributed by atoms with van der Waals surface area (Å²) in [7, 11) is 1.51. The second-order valence-corrected chi connectivity index (χ2v) is 10.4. The number of aromatic nitrogens is 2. The van der Waals surface area contributed by atoms with Crippen molar-refractivity contribution in [1.82, 2.24) is 9.55 Å². The van der Waals surface area contributed by atoms with Crippen LogP contribution in [0.15, 0.2) is 36.4 Å². The van der Waals surface area contributed by atoms with Crippen molar-refractivity contribution in [1.29, 1.82) is 0 Å². The molecule has 2 N–H and O–H groups in total. The number of ether oxygens (including phenoxy) is 2. The Morgan fingerprint density at radius 2 is 1.86 bits per heavy atom. The minimum absolute atomic E-state index is 0.109. The third-order valence-corrected chi connectivity index (χ3v) is 7.04. The van der Waals surface area contributed by atoms with E-state index < -0.39 is 5.97 Å². The lowest BCUT2D eigenvalue weighted by molar-refractivity contribution is 0.0693. The lowest BCUT2D eigenvalue weighted by Gasteiger charge is -2.39. The summed E-state index contributed by atoms with van der Waals surface area (Å²) in [6, 6.07) is 11.5. The Balaban J connectivity index is 1.84. The van der Waals surface area contributed by atoms with Gasteiger partial charge in [-0.1, -0.05) is 27.2 Å². The predicted molar refractivity (Wildman–Crippen MR) is 139 cm³/mol. The molecule has 0 unspecified atom stereocenters. The molecule has 7 nitrogen and oxygen atoms in total. The van der Waals surface area contributed by atoms with Crippen molar-refractivity contribution in [3.05, 3.63) is 42.0 Å². The molecule has 1 heterocycles. The highest BCUT2D eigenvalue weighted by Gasteiger charge is 2.34. The molecule has 1 aliphatic carbocycles. The molecule has 0 bridgehead atoms. The Labute approximate surface area is 207 Å². The molecule has 2 aromatic carbocycles. The Morgan fingerprint density at radius 3 is 2.46 bits per heavy atom. The highest BCUT2D eigenvalue weighted by molar-refractivity contribution is 5.96. The quantitative estimate of drug-likeness (QED) is 0.365. The number of benzene rings is 2. The van der Waals surface area contributed by atoms with Gasteiger partial charge >= 0.3 is 5.97 Å². The summed E-state index contributed by atoms with van der Waals surface area (Å²) in [5.74, 6) is 2.47. The minimum Gasteiger partial charge on any atom is -0.496 e. The van der Waals surface area contributed by atoms with Crippen LogP contribution in [-0.2, 0) is 0 Å². The van der Waals surface area contributed by atoms with Gasteiger partial charge in [0, 0.05) is 17.8 Å². The fraction of sp³-hybridized carbons (Fsp3) is 0.500. The van der Waals surface area contributed by atoms with Crippen molar-refractivity contribution in [2.45, 2.75) is 66.0 Å². The summed E-state index contributed by atoms with van der Waals surface area (Å²) in [5, 5.41) is 13.2. The molecule has 0 amide bonds. The smallest absolute Gasteiger partial charge is 0.339 e. The maximum Gasteiger partial charge on any atom is 0.339 e. The molecule has 3 atom stereocenters. The van der Waals surface area contributed by atoms with E-state index in [0.717, 1.165) is 29.8 Å². The average Bonchev–Trinajstić information content (AvgIpc) is 3.15. The molecule has 4 rings (SSSR count). The monoisotopic (exact) mass is 479 g/mol. The molecule has 1 aliphatic rings. The number of methoxy groups -OCH3 is 1. The zero-order chi connectivity index (χ0) is 25.3. The van der Waals surface area contributed by atoms with Crippen LogP contribution in [0.2, 0.25) is 0 Å². The van der Waals surface area contributed by atoms with Gasteiger partial charge in [0.05, 0.1) is 24.2 Å². The van der Waals surface area contributed by atoms with Crippen molar-refractivity contribution in [2.24, 2.45) is 17.8 Å². The predicted octanol–water partition coefficient (Wildman–Crippen LogP) is 6.91. The second kappa shape index (κ2) is 10.2. The van der Waals surface area contributed by atoms with Crippen LogP contribution in [0.4, 0.5) is 11.6 Å². The number of fused-ring (bicyclic) bond motifs is 1. The van der Waals surface area contributed by atoms with Crippen LogP contribution < -0.4 is 14.8 Å². The standard InChI is InChI=1S/C28H37N3O4/c1-16(2)21-12-7-18(5)13-24(21)31-25-15-26(34-6)22(27(32)33)14-23(25)30-28(31)29-19-8-10-20(11-9-19)35-17(3)4/h8-11,14-18,21,24H,7,12-13H2,1-6H3,(H,29,30)(H,32,33)/t18-,21+,24-/m1/s1. The number of carbonyl (C=O) groups is 1. The van der Waals surface area contributed by atoms with Crippen LogP contribution in [0.1, 0.15) is 70.3 Å². The van der Waals surface area contributed by atoms with Gasteiger partial charge in [-0.15, -0.1) is 0 Å². The molecule has 188 valence electrons. The molecule has 35 heavy (non-hydrogen) atoms. The number of nitrogens with zero attached hydrogens (tertiary/aromatic N) is 2. The van der Waals surface area contributed by atoms with Gasteiger partial charge in [-0.3, -0.25) is 0 Å². The first kappa shape index (κ1) is 24.9. The molecule has 0 aliphatic heterocycles. The number of anilines is 2. The Morgan fingerprint density at radius 1 is 1.14 bits per heavy atom. The number of rotatable bonds is 8. The lowest BCUT2D eigenvalue weighted by Crippen LogP contribution is -2.30. The number of hydrogen-bond acceptors (Lipinski definition) is 5. The Kier molecular flexibility index (Phi) is 7.24. The normalized spacial score (nSPS) is 20.4. The maximum absolute atomic E-state index is 11.9. The molecule has 1 fully saturated rings. The van der Waals surface area contributed by atoms with Gasteiger partial charge in [0.2, 0.25) is 5.95 Å². The van der Waals surface area contributed by atoms with E-state index in [1.54, 1.807) is 6.07 Å². The van der Waals surface area contributed by atoms with Crippen LogP contribution in [0.25, 0.3) is 11.0 Å². The van der Waals surface area contributed by atoms with Crippen molar-refractivity contribution in [3.63, 3.8) is 0 Å². The molecule has 3 aromatic rings. The average molecular weight is 480 g/mol.